The van der Waals surface area contributed by atoms with Gasteiger partial charge >= 0.3 is 5.97 Å². The van der Waals surface area contributed by atoms with Crippen molar-refractivity contribution in [2.24, 2.45) is 11.3 Å². The van der Waals surface area contributed by atoms with Crippen LogP contribution in [0.2, 0.25) is 0 Å². The number of aldehydes is 1. The maximum Gasteiger partial charge on any atom is 0.302 e. The Hall–Kier alpha value is -1.64. The largest absolute Gasteiger partial charge is 0.462 e. The van der Waals surface area contributed by atoms with Crippen molar-refractivity contribution in [3.63, 3.8) is 0 Å². The normalized spacial score (nSPS) is 20.8. The molecule has 0 N–H and O–H groups in total. The Bertz CT molecular complexity index is 550. The van der Waals surface area contributed by atoms with Crippen LogP contribution in [-0.2, 0) is 14.3 Å². The van der Waals surface area contributed by atoms with E-state index in [1.807, 2.05) is 0 Å². The molecule has 0 radical (unpaired) electrons. The van der Waals surface area contributed by atoms with Gasteiger partial charge in [0.05, 0.1) is 0 Å². The first kappa shape index (κ1) is 21.4. The topological polar surface area (TPSA) is 43.4 Å². The summed E-state index contributed by atoms with van der Waals surface area (Å²) in [7, 11) is 0. The lowest BCUT2D eigenvalue weighted by Crippen LogP contribution is -2.27. The first-order valence-corrected chi connectivity index (χ1v) is 9.36. The van der Waals surface area contributed by atoms with Crippen LogP contribution in [0, 0.1) is 11.3 Å². The molecule has 1 unspecified atom stereocenters. The van der Waals surface area contributed by atoms with Crippen LogP contribution in [-0.4, -0.2) is 18.9 Å². The molecule has 1 rings (SSSR count). The molecule has 3 nitrogen and oxygen atoms in total. The van der Waals surface area contributed by atoms with Crippen LogP contribution < -0.4 is 0 Å². The highest BCUT2D eigenvalue weighted by molar-refractivity contribution is 5.73. The van der Waals surface area contributed by atoms with Crippen molar-refractivity contribution in [1.82, 2.24) is 0 Å². The molecule has 140 valence electrons. The van der Waals surface area contributed by atoms with Crippen LogP contribution in [0.1, 0.15) is 73.1 Å². The van der Waals surface area contributed by atoms with Crippen molar-refractivity contribution in [1.29, 1.82) is 0 Å². The molecule has 0 aromatic carbocycles. The Morgan fingerprint density at radius 3 is 2.60 bits per heavy atom. The molecule has 0 fully saturated rings. The summed E-state index contributed by atoms with van der Waals surface area (Å²) in [4.78, 5) is 21.8. The number of hydrogen-bond acceptors (Lipinski definition) is 3. The fraction of sp³-hybridized carbons (Fsp3) is 0.636. The molecule has 0 bridgehead atoms. The van der Waals surface area contributed by atoms with Gasteiger partial charge in [0.15, 0.2) is 0 Å². The van der Waals surface area contributed by atoms with Crippen LogP contribution in [0.25, 0.3) is 0 Å². The van der Waals surface area contributed by atoms with E-state index >= 15 is 0 Å². The van der Waals surface area contributed by atoms with Gasteiger partial charge in [-0.15, -0.1) is 0 Å². The average molecular weight is 347 g/mol. The van der Waals surface area contributed by atoms with Gasteiger partial charge in [-0.25, -0.2) is 0 Å². The summed E-state index contributed by atoms with van der Waals surface area (Å²) in [6.07, 6.45) is 13.5. The summed E-state index contributed by atoms with van der Waals surface area (Å²) in [6, 6.07) is 0. The second kappa shape index (κ2) is 10.4. The molecule has 0 spiro atoms. The molecular weight excluding hydrogens is 312 g/mol. The fourth-order valence-corrected chi connectivity index (χ4v) is 3.66. The standard InChI is InChI=1S/C22H34O3/c1-17(8-6-10-20(16-23)13-15-25-19(3)24)11-12-21-18(2)9-7-14-22(21,4)5/h8-9,13,16,21H,6-7,10-12,14-15H2,1-5H3. The van der Waals surface area contributed by atoms with E-state index in [9.17, 15) is 9.59 Å². The van der Waals surface area contributed by atoms with Gasteiger partial charge in [-0.05, 0) is 75.4 Å². The van der Waals surface area contributed by atoms with Gasteiger partial charge in [0, 0.05) is 6.92 Å². The van der Waals surface area contributed by atoms with E-state index in [0.717, 1.165) is 19.1 Å². The van der Waals surface area contributed by atoms with E-state index in [2.05, 4.69) is 39.8 Å². The summed E-state index contributed by atoms with van der Waals surface area (Å²) in [5.74, 6) is 0.339. The average Bonchev–Trinajstić information content (AvgIpc) is 2.52. The molecule has 1 atom stereocenters. The Kier molecular flexibility index (Phi) is 8.88. The lowest BCUT2D eigenvalue weighted by molar-refractivity contribution is -0.139. The van der Waals surface area contributed by atoms with Crippen molar-refractivity contribution < 1.29 is 14.3 Å². The van der Waals surface area contributed by atoms with E-state index < -0.39 is 0 Å². The van der Waals surface area contributed by atoms with Crippen LogP contribution in [0.4, 0.5) is 0 Å². The number of hydrogen-bond donors (Lipinski definition) is 0. The molecule has 25 heavy (non-hydrogen) atoms. The Balaban J connectivity index is 2.45. The number of allylic oxidation sites excluding steroid dienone is 5. The summed E-state index contributed by atoms with van der Waals surface area (Å²) in [5, 5.41) is 0. The monoisotopic (exact) mass is 346 g/mol. The zero-order chi connectivity index (χ0) is 18.9. The Morgan fingerprint density at radius 1 is 1.28 bits per heavy atom. The van der Waals surface area contributed by atoms with Crippen molar-refractivity contribution in [3.05, 3.63) is 34.9 Å². The number of carbonyl (C=O) groups excluding carboxylic acids is 2. The maximum absolute atomic E-state index is 11.1. The Morgan fingerprint density at radius 2 is 2.00 bits per heavy atom. The minimum absolute atomic E-state index is 0.175. The highest BCUT2D eigenvalue weighted by Gasteiger charge is 2.32. The van der Waals surface area contributed by atoms with Crippen LogP contribution in [0.5, 0.6) is 0 Å². The van der Waals surface area contributed by atoms with E-state index in [-0.39, 0.29) is 12.6 Å². The SMILES string of the molecule is CC(=O)OCC=C(C=O)CCC=C(C)CCC1C(C)=CCCC1(C)C. The maximum atomic E-state index is 11.1. The third-order valence-electron chi connectivity index (χ3n) is 5.28. The van der Waals surface area contributed by atoms with Crippen LogP contribution >= 0.6 is 0 Å². The highest BCUT2D eigenvalue weighted by Crippen LogP contribution is 2.43. The van der Waals surface area contributed by atoms with Crippen molar-refractivity contribution in [2.75, 3.05) is 6.61 Å². The quantitative estimate of drug-likeness (QED) is 0.237. The summed E-state index contributed by atoms with van der Waals surface area (Å²) in [5.41, 5.74) is 4.01. The zero-order valence-electron chi connectivity index (χ0n) is 16.6. The smallest absolute Gasteiger partial charge is 0.302 e. The molecule has 1 aliphatic rings. The van der Waals surface area contributed by atoms with Gasteiger partial charge in [0.25, 0.3) is 0 Å². The van der Waals surface area contributed by atoms with E-state index in [0.29, 0.717) is 23.3 Å². The third-order valence-corrected chi connectivity index (χ3v) is 5.28. The lowest BCUT2D eigenvalue weighted by atomic mass is 9.67. The predicted molar refractivity (Wildman–Crippen MR) is 103 cm³/mol. The summed E-state index contributed by atoms with van der Waals surface area (Å²) < 4.78 is 4.84. The molecule has 0 amide bonds. The van der Waals surface area contributed by atoms with Gasteiger partial charge in [0.1, 0.15) is 12.9 Å². The minimum atomic E-state index is -0.327. The molecule has 0 aromatic heterocycles. The summed E-state index contributed by atoms with van der Waals surface area (Å²) >= 11 is 0. The number of rotatable bonds is 9. The second-order valence-electron chi connectivity index (χ2n) is 7.86. The minimum Gasteiger partial charge on any atom is -0.462 e. The van der Waals surface area contributed by atoms with Crippen LogP contribution in [0.15, 0.2) is 34.9 Å². The van der Waals surface area contributed by atoms with E-state index in [4.69, 9.17) is 4.74 Å². The number of ether oxygens (including phenoxy) is 1. The number of esters is 1. The molecule has 0 aliphatic heterocycles. The first-order chi connectivity index (χ1) is 11.8. The fourth-order valence-electron chi connectivity index (χ4n) is 3.66. The molecule has 0 heterocycles. The summed E-state index contributed by atoms with van der Waals surface area (Å²) in [6.45, 7) is 10.8. The Labute approximate surface area is 153 Å². The molecule has 0 saturated heterocycles. The van der Waals surface area contributed by atoms with E-state index in [1.54, 1.807) is 11.6 Å². The molecular formula is C22H34O3. The van der Waals surface area contributed by atoms with Crippen molar-refractivity contribution in [2.45, 2.75) is 73.1 Å². The van der Waals surface area contributed by atoms with Crippen molar-refractivity contribution >= 4 is 12.3 Å². The third kappa shape index (κ3) is 7.85. The molecule has 0 saturated carbocycles. The zero-order valence-corrected chi connectivity index (χ0v) is 16.6. The number of carbonyl (C=O) groups is 2. The van der Waals surface area contributed by atoms with Gasteiger partial charge in [-0.2, -0.15) is 0 Å². The van der Waals surface area contributed by atoms with Gasteiger partial charge in [-0.1, -0.05) is 37.1 Å². The molecule has 0 aromatic rings. The second-order valence-corrected chi connectivity index (χ2v) is 7.86. The van der Waals surface area contributed by atoms with Gasteiger partial charge in [0.2, 0.25) is 0 Å². The van der Waals surface area contributed by atoms with Gasteiger partial charge in [-0.3, -0.25) is 9.59 Å². The van der Waals surface area contributed by atoms with E-state index in [1.165, 1.54) is 31.8 Å². The predicted octanol–water partition coefficient (Wildman–Crippen LogP) is 5.56. The lowest BCUT2D eigenvalue weighted by Gasteiger charge is -2.38. The highest BCUT2D eigenvalue weighted by atomic mass is 16.5. The first-order valence-electron chi connectivity index (χ1n) is 9.36. The van der Waals surface area contributed by atoms with Gasteiger partial charge < -0.3 is 4.74 Å². The molecule has 3 heteroatoms. The van der Waals surface area contributed by atoms with Crippen LogP contribution in [0.3, 0.4) is 0 Å². The molecule has 1 aliphatic carbocycles. The van der Waals surface area contributed by atoms with Crippen molar-refractivity contribution in [3.8, 4) is 0 Å².